The Morgan fingerprint density at radius 3 is 2.58 bits per heavy atom. The molecule has 0 spiro atoms. The summed E-state index contributed by atoms with van der Waals surface area (Å²) in [5.74, 6) is 0. The Balaban J connectivity index is 2.08. The molecule has 0 saturated carbocycles. The van der Waals surface area contributed by atoms with Crippen LogP contribution < -0.4 is 5.32 Å². The Labute approximate surface area is 151 Å². The first-order valence-corrected chi connectivity index (χ1v) is 9.44. The van der Waals surface area contributed by atoms with Crippen LogP contribution in [0, 0.1) is 0 Å². The van der Waals surface area contributed by atoms with Crippen LogP contribution in [0.4, 0.5) is 13.2 Å². The number of alkyl halides is 3. The second-order valence-corrected chi connectivity index (χ2v) is 8.26. The zero-order chi connectivity index (χ0) is 17.2. The highest BCUT2D eigenvalue weighted by Crippen LogP contribution is 2.41. The van der Waals surface area contributed by atoms with Crippen LogP contribution in [0.1, 0.15) is 28.5 Å². The molecule has 1 aliphatic heterocycles. The van der Waals surface area contributed by atoms with Crippen LogP contribution in [0.5, 0.6) is 0 Å². The van der Waals surface area contributed by atoms with Crippen molar-refractivity contribution >= 4 is 27.3 Å². The minimum atomic E-state index is -4.35. The summed E-state index contributed by atoms with van der Waals surface area (Å²) >= 11 is 4.93. The quantitative estimate of drug-likeness (QED) is 0.761. The number of benzene rings is 1. The van der Waals surface area contributed by atoms with E-state index in [1.807, 2.05) is 12.1 Å². The molecule has 1 N–H and O–H groups in total. The minimum Gasteiger partial charge on any atom is -0.315 e. The van der Waals surface area contributed by atoms with E-state index in [4.69, 9.17) is 0 Å². The van der Waals surface area contributed by atoms with Gasteiger partial charge in [0.15, 0.2) is 0 Å². The fourth-order valence-electron chi connectivity index (χ4n) is 3.12. The summed E-state index contributed by atoms with van der Waals surface area (Å²) in [6.07, 6.45) is -3.43. The van der Waals surface area contributed by atoms with E-state index in [0.29, 0.717) is 5.56 Å². The van der Waals surface area contributed by atoms with E-state index in [1.165, 1.54) is 23.5 Å². The number of thiophene rings is 1. The average Bonchev–Trinajstić information content (AvgIpc) is 2.80. The molecule has 1 aliphatic rings. The predicted molar refractivity (Wildman–Crippen MR) is 94.4 cm³/mol. The van der Waals surface area contributed by atoms with E-state index in [9.17, 15) is 13.2 Å². The fourth-order valence-corrected chi connectivity index (χ4v) is 4.70. The molecule has 7 heteroatoms. The van der Waals surface area contributed by atoms with Crippen molar-refractivity contribution < 1.29 is 13.2 Å². The molecule has 1 unspecified atom stereocenters. The van der Waals surface area contributed by atoms with Crippen LogP contribution in [0.3, 0.4) is 0 Å². The molecular weight excluding hydrogens is 401 g/mol. The molecule has 0 radical (unpaired) electrons. The van der Waals surface area contributed by atoms with Gasteiger partial charge < -0.3 is 5.32 Å². The van der Waals surface area contributed by atoms with E-state index in [1.54, 1.807) is 12.1 Å². The molecule has 0 aliphatic carbocycles. The molecule has 1 fully saturated rings. The second kappa shape index (κ2) is 7.56. The molecule has 3 rings (SSSR count). The minimum absolute atomic E-state index is 0.334. The number of halogens is 4. The summed E-state index contributed by atoms with van der Waals surface area (Å²) in [6.45, 7) is 3.20. The normalized spacial score (nSPS) is 18.3. The molecule has 1 saturated heterocycles. The Kier molecular flexibility index (Phi) is 5.64. The van der Waals surface area contributed by atoms with Crippen molar-refractivity contribution in [3.63, 3.8) is 0 Å². The number of hydrogen-bond donors (Lipinski definition) is 1. The molecular formula is C17H18BrF3N2S. The zero-order valence-corrected chi connectivity index (χ0v) is 15.3. The van der Waals surface area contributed by atoms with E-state index >= 15 is 0 Å². The first-order valence-electron chi connectivity index (χ1n) is 7.83. The maximum atomic E-state index is 13.5. The molecule has 1 aromatic heterocycles. The summed E-state index contributed by atoms with van der Waals surface area (Å²) in [4.78, 5) is 3.09. The second-order valence-electron chi connectivity index (χ2n) is 5.77. The van der Waals surface area contributed by atoms with Crippen LogP contribution in [-0.2, 0) is 6.18 Å². The van der Waals surface area contributed by atoms with Crippen molar-refractivity contribution in [3.8, 4) is 0 Å². The van der Waals surface area contributed by atoms with Crippen LogP contribution in [-0.4, -0.2) is 31.1 Å². The van der Waals surface area contributed by atoms with Crippen LogP contribution in [0.2, 0.25) is 0 Å². The predicted octanol–water partition coefficient (Wildman–Crippen LogP) is 4.91. The van der Waals surface area contributed by atoms with Gasteiger partial charge in [-0.25, -0.2) is 0 Å². The number of nitrogens with zero attached hydrogens (tertiary/aromatic N) is 1. The fraction of sp³-hybridized carbons (Fsp3) is 0.412. The number of hydrogen-bond acceptors (Lipinski definition) is 3. The first kappa shape index (κ1) is 17.9. The molecule has 24 heavy (non-hydrogen) atoms. The van der Waals surface area contributed by atoms with Crippen LogP contribution in [0.25, 0.3) is 0 Å². The van der Waals surface area contributed by atoms with E-state index in [-0.39, 0.29) is 6.04 Å². The van der Waals surface area contributed by atoms with Crippen LogP contribution in [0.15, 0.2) is 40.2 Å². The SMILES string of the molecule is FC(F)(F)c1ccccc1C(c1ccc(Br)s1)N1CCCNCC1. The van der Waals surface area contributed by atoms with Gasteiger partial charge in [0.1, 0.15) is 0 Å². The third-order valence-corrected chi connectivity index (χ3v) is 5.84. The van der Waals surface area contributed by atoms with E-state index in [2.05, 4.69) is 26.1 Å². The van der Waals surface area contributed by atoms with Gasteiger partial charge in [0.2, 0.25) is 0 Å². The van der Waals surface area contributed by atoms with Crippen molar-refractivity contribution in [2.45, 2.75) is 18.6 Å². The Hall–Kier alpha value is -0.890. The Bertz CT molecular complexity index is 678. The smallest absolute Gasteiger partial charge is 0.315 e. The maximum absolute atomic E-state index is 13.5. The van der Waals surface area contributed by atoms with Crippen molar-refractivity contribution in [1.82, 2.24) is 10.2 Å². The standard InChI is InChI=1S/C17H18BrF3N2S/c18-15-7-6-14(24-15)16(23-10-3-8-22-9-11-23)12-4-1-2-5-13(12)17(19,20)21/h1-2,4-7,16,22H,3,8-11H2. The maximum Gasteiger partial charge on any atom is 0.416 e. The van der Waals surface area contributed by atoms with Gasteiger partial charge in [-0.2, -0.15) is 13.2 Å². The highest BCUT2D eigenvalue weighted by atomic mass is 79.9. The molecule has 0 bridgehead atoms. The van der Waals surface area contributed by atoms with Gasteiger partial charge in [-0.15, -0.1) is 11.3 Å². The molecule has 2 heterocycles. The average molecular weight is 419 g/mol. The summed E-state index contributed by atoms with van der Waals surface area (Å²) in [7, 11) is 0. The molecule has 2 nitrogen and oxygen atoms in total. The lowest BCUT2D eigenvalue weighted by molar-refractivity contribution is -0.138. The van der Waals surface area contributed by atoms with Crippen molar-refractivity contribution in [1.29, 1.82) is 0 Å². The highest BCUT2D eigenvalue weighted by Gasteiger charge is 2.37. The first-order chi connectivity index (χ1) is 11.5. The van der Waals surface area contributed by atoms with Gasteiger partial charge in [-0.05, 0) is 52.7 Å². The monoisotopic (exact) mass is 418 g/mol. The van der Waals surface area contributed by atoms with Crippen molar-refractivity contribution in [2.24, 2.45) is 0 Å². The summed E-state index contributed by atoms with van der Waals surface area (Å²) in [5.41, 5.74) is -0.210. The van der Waals surface area contributed by atoms with E-state index in [0.717, 1.165) is 41.3 Å². The van der Waals surface area contributed by atoms with Crippen molar-refractivity contribution in [3.05, 3.63) is 56.2 Å². The topological polar surface area (TPSA) is 15.3 Å². The molecule has 2 aromatic rings. The van der Waals surface area contributed by atoms with Crippen LogP contribution >= 0.6 is 27.3 Å². The molecule has 0 amide bonds. The Morgan fingerprint density at radius 1 is 1.08 bits per heavy atom. The molecule has 130 valence electrons. The third kappa shape index (κ3) is 4.02. The Morgan fingerprint density at radius 2 is 1.88 bits per heavy atom. The summed E-state index contributed by atoms with van der Waals surface area (Å²) < 4.78 is 41.6. The van der Waals surface area contributed by atoms with Gasteiger partial charge in [-0.1, -0.05) is 18.2 Å². The van der Waals surface area contributed by atoms with Gasteiger partial charge in [0.05, 0.1) is 15.4 Å². The largest absolute Gasteiger partial charge is 0.416 e. The van der Waals surface area contributed by atoms with E-state index < -0.39 is 11.7 Å². The number of rotatable bonds is 3. The lowest BCUT2D eigenvalue weighted by Gasteiger charge is -2.32. The number of nitrogens with one attached hydrogen (secondary N) is 1. The lowest BCUT2D eigenvalue weighted by Crippen LogP contribution is -2.33. The van der Waals surface area contributed by atoms with Gasteiger partial charge >= 0.3 is 6.18 Å². The van der Waals surface area contributed by atoms with Crippen molar-refractivity contribution in [2.75, 3.05) is 26.2 Å². The highest BCUT2D eigenvalue weighted by molar-refractivity contribution is 9.11. The zero-order valence-electron chi connectivity index (χ0n) is 12.9. The van der Waals surface area contributed by atoms with Gasteiger partial charge in [0.25, 0.3) is 0 Å². The molecule has 1 aromatic carbocycles. The lowest BCUT2D eigenvalue weighted by atomic mass is 9.97. The summed E-state index contributed by atoms with van der Waals surface area (Å²) in [6, 6.07) is 9.39. The third-order valence-electron chi connectivity index (χ3n) is 4.16. The van der Waals surface area contributed by atoms with Gasteiger partial charge in [0, 0.05) is 24.5 Å². The molecule has 1 atom stereocenters. The van der Waals surface area contributed by atoms with Gasteiger partial charge in [-0.3, -0.25) is 4.90 Å². The summed E-state index contributed by atoms with van der Waals surface area (Å²) in [5, 5.41) is 3.32.